The second kappa shape index (κ2) is 9.54. The Hall–Kier alpha value is -4.45. The Morgan fingerprint density at radius 2 is 1.54 bits per heavy atom. The van der Waals surface area contributed by atoms with Gasteiger partial charge in [0.2, 0.25) is 0 Å². The zero-order valence-corrected chi connectivity index (χ0v) is 21.5. The molecule has 186 valence electrons. The minimum absolute atomic E-state index is 0.101. The number of fused-ring (bicyclic) bond motifs is 1. The molecule has 5 rings (SSSR count). The van der Waals surface area contributed by atoms with Crippen LogP contribution in [0.25, 0.3) is 16.7 Å². The van der Waals surface area contributed by atoms with E-state index in [1.165, 1.54) is 4.80 Å². The largest absolute Gasteiger partial charge is 0.505 e. The van der Waals surface area contributed by atoms with Crippen LogP contribution in [-0.2, 0) is 11.8 Å². The first kappa shape index (κ1) is 24.3. The zero-order valence-electron chi connectivity index (χ0n) is 21.5. The van der Waals surface area contributed by atoms with Crippen molar-refractivity contribution in [3.05, 3.63) is 107 Å². The van der Waals surface area contributed by atoms with Crippen LogP contribution < -0.4 is 5.32 Å². The highest BCUT2D eigenvalue weighted by molar-refractivity contribution is 5.97. The van der Waals surface area contributed by atoms with Gasteiger partial charge in [0.1, 0.15) is 22.5 Å². The smallest absolute Gasteiger partial charge is 0.167 e. The van der Waals surface area contributed by atoms with Crippen LogP contribution in [0.3, 0.4) is 0 Å². The standard InChI is InChI=1S/C31H30N4O2/c1-20-16-25(31(2,3)4)30(37)28(17-20)35-33-26-15-14-24(19-27(26)34-35)32-23-12-10-21(11-13-23)18-29(36)22-8-6-5-7-9-22/h5-17,19,32,37H,18H2,1-4H3. The van der Waals surface area contributed by atoms with Gasteiger partial charge in [0.25, 0.3) is 0 Å². The molecule has 0 amide bonds. The van der Waals surface area contributed by atoms with Gasteiger partial charge in [-0.15, -0.1) is 15.0 Å². The van der Waals surface area contributed by atoms with Crippen molar-refractivity contribution in [2.24, 2.45) is 0 Å². The lowest BCUT2D eigenvalue weighted by molar-refractivity contribution is 0.0993. The van der Waals surface area contributed by atoms with E-state index in [1.807, 2.05) is 91.9 Å². The number of benzene rings is 4. The van der Waals surface area contributed by atoms with Crippen LogP contribution in [-0.4, -0.2) is 25.9 Å². The van der Waals surface area contributed by atoms with Gasteiger partial charge < -0.3 is 10.4 Å². The molecular formula is C31H30N4O2. The fraction of sp³-hybridized carbons (Fsp3) is 0.194. The maximum Gasteiger partial charge on any atom is 0.167 e. The van der Waals surface area contributed by atoms with Crippen molar-refractivity contribution in [2.75, 3.05) is 5.32 Å². The Morgan fingerprint density at radius 1 is 0.865 bits per heavy atom. The molecule has 0 aliphatic rings. The van der Waals surface area contributed by atoms with Crippen LogP contribution in [0.4, 0.5) is 11.4 Å². The number of Topliss-reactive ketones (excluding diaryl/α,β-unsaturated/α-hetero) is 1. The molecule has 1 heterocycles. The molecule has 0 saturated carbocycles. The molecule has 0 atom stereocenters. The predicted molar refractivity (Wildman–Crippen MR) is 148 cm³/mol. The zero-order chi connectivity index (χ0) is 26.2. The Morgan fingerprint density at radius 3 is 2.24 bits per heavy atom. The van der Waals surface area contributed by atoms with Crippen molar-refractivity contribution in [1.82, 2.24) is 15.0 Å². The van der Waals surface area contributed by atoms with Crippen molar-refractivity contribution in [2.45, 2.75) is 39.5 Å². The summed E-state index contributed by atoms with van der Waals surface area (Å²) >= 11 is 0. The topological polar surface area (TPSA) is 80.0 Å². The number of aromatic nitrogens is 3. The number of aryl methyl sites for hydroxylation is 1. The van der Waals surface area contributed by atoms with Gasteiger partial charge in [-0.05, 0) is 59.9 Å². The SMILES string of the molecule is Cc1cc(-n2nc3ccc(Nc4ccc(CC(=O)c5ccccc5)cc4)cc3n2)c(O)c(C(C)(C)C)c1. The second-order valence-corrected chi connectivity index (χ2v) is 10.4. The number of phenolic OH excluding ortho intramolecular Hbond substituents is 1. The molecule has 0 aliphatic carbocycles. The molecule has 37 heavy (non-hydrogen) atoms. The van der Waals surface area contributed by atoms with E-state index in [1.54, 1.807) is 0 Å². The number of nitrogens with zero attached hydrogens (tertiary/aromatic N) is 3. The summed E-state index contributed by atoms with van der Waals surface area (Å²) in [5.74, 6) is 0.298. The Bertz CT molecular complexity index is 1580. The first-order valence-corrected chi connectivity index (χ1v) is 12.3. The molecule has 1 aromatic heterocycles. The molecule has 0 aliphatic heterocycles. The van der Waals surface area contributed by atoms with Crippen LogP contribution in [0.1, 0.15) is 47.8 Å². The summed E-state index contributed by atoms with van der Waals surface area (Å²) in [7, 11) is 0. The van der Waals surface area contributed by atoms with E-state index >= 15 is 0 Å². The fourth-order valence-corrected chi connectivity index (χ4v) is 4.37. The summed E-state index contributed by atoms with van der Waals surface area (Å²) < 4.78 is 0. The van der Waals surface area contributed by atoms with E-state index in [9.17, 15) is 9.90 Å². The normalized spacial score (nSPS) is 11.6. The molecule has 6 heteroatoms. The lowest BCUT2D eigenvalue weighted by Gasteiger charge is -2.22. The molecule has 0 unspecified atom stereocenters. The van der Waals surface area contributed by atoms with Crippen molar-refractivity contribution in [3.8, 4) is 11.4 Å². The van der Waals surface area contributed by atoms with E-state index in [2.05, 4.69) is 36.3 Å². The Kier molecular flexibility index (Phi) is 6.25. The average molecular weight is 491 g/mol. The number of phenols is 1. The number of rotatable bonds is 6. The van der Waals surface area contributed by atoms with Gasteiger partial charge in [0.05, 0.1) is 0 Å². The highest BCUT2D eigenvalue weighted by Gasteiger charge is 2.22. The predicted octanol–water partition coefficient (Wildman–Crippen LogP) is 6.90. The van der Waals surface area contributed by atoms with Crippen molar-refractivity contribution >= 4 is 28.2 Å². The lowest BCUT2D eigenvalue weighted by atomic mass is 9.85. The maximum absolute atomic E-state index is 12.5. The molecule has 6 nitrogen and oxygen atoms in total. The highest BCUT2D eigenvalue weighted by atomic mass is 16.3. The number of ketones is 1. The third-order valence-electron chi connectivity index (χ3n) is 6.34. The van der Waals surface area contributed by atoms with Crippen LogP contribution >= 0.6 is 0 Å². The van der Waals surface area contributed by atoms with Crippen LogP contribution in [0.2, 0.25) is 0 Å². The number of anilines is 2. The van der Waals surface area contributed by atoms with Crippen molar-refractivity contribution in [1.29, 1.82) is 0 Å². The third kappa shape index (κ3) is 5.23. The number of carbonyl (C=O) groups is 1. The summed E-state index contributed by atoms with van der Waals surface area (Å²) in [5.41, 5.74) is 7.17. The van der Waals surface area contributed by atoms with Gasteiger partial charge in [-0.2, -0.15) is 0 Å². The maximum atomic E-state index is 12.5. The van der Waals surface area contributed by atoms with Gasteiger partial charge in [0, 0.05) is 28.9 Å². The van der Waals surface area contributed by atoms with E-state index < -0.39 is 0 Å². The molecule has 0 radical (unpaired) electrons. The molecular weight excluding hydrogens is 460 g/mol. The summed E-state index contributed by atoms with van der Waals surface area (Å²) in [6, 6.07) is 26.9. The lowest BCUT2D eigenvalue weighted by Crippen LogP contribution is -2.13. The number of hydrogen-bond donors (Lipinski definition) is 2. The van der Waals surface area contributed by atoms with Crippen LogP contribution in [0.15, 0.2) is 84.9 Å². The highest BCUT2D eigenvalue weighted by Crippen LogP contribution is 2.36. The molecule has 5 aromatic rings. The van der Waals surface area contributed by atoms with E-state index in [0.29, 0.717) is 17.6 Å². The summed E-state index contributed by atoms with van der Waals surface area (Å²) in [6.45, 7) is 8.23. The first-order chi connectivity index (χ1) is 17.7. The molecule has 0 fully saturated rings. The fourth-order valence-electron chi connectivity index (χ4n) is 4.37. The molecule has 0 spiro atoms. The average Bonchev–Trinajstić information content (AvgIpc) is 3.29. The first-order valence-electron chi connectivity index (χ1n) is 12.3. The number of carbonyl (C=O) groups excluding carboxylic acids is 1. The summed E-state index contributed by atoms with van der Waals surface area (Å²) in [5, 5.41) is 23.6. The second-order valence-electron chi connectivity index (χ2n) is 10.4. The van der Waals surface area contributed by atoms with Gasteiger partial charge in [-0.3, -0.25) is 4.79 Å². The quantitative estimate of drug-likeness (QED) is 0.253. The number of nitrogens with one attached hydrogen (secondary N) is 1. The molecule has 4 aromatic carbocycles. The Balaban J connectivity index is 1.35. The van der Waals surface area contributed by atoms with Crippen LogP contribution in [0.5, 0.6) is 5.75 Å². The number of aromatic hydroxyl groups is 1. The van der Waals surface area contributed by atoms with Crippen LogP contribution in [0, 0.1) is 6.92 Å². The van der Waals surface area contributed by atoms with Gasteiger partial charge in [-0.25, -0.2) is 0 Å². The van der Waals surface area contributed by atoms with Crippen molar-refractivity contribution < 1.29 is 9.90 Å². The monoisotopic (exact) mass is 490 g/mol. The molecule has 0 bridgehead atoms. The summed E-state index contributed by atoms with van der Waals surface area (Å²) in [6.07, 6.45) is 0.363. The van der Waals surface area contributed by atoms with Gasteiger partial charge >= 0.3 is 0 Å². The van der Waals surface area contributed by atoms with E-state index in [-0.39, 0.29) is 16.9 Å². The molecule has 0 saturated heterocycles. The van der Waals surface area contributed by atoms with E-state index in [0.717, 1.165) is 39.1 Å². The van der Waals surface area contributed by atoms with E-state index in [4.69, 9.17) is 0 Å². The van der Waals surface area contributed by atoms with Crippen molar-refractivity contribution in [3.63, 3.8) is 0 Å². The van der Waals surface area contributed by atoms with Gasteiger partial charge in [0.15, 0.2) is 5.78 Å². The minimum Gasteiger partial charge on any atom is -0.505 e. The van der Waals surface area contributed by atoms with Gasteiger partial charge in [-0.1, -0.05) is 69.3 Å². The minimum atomic E-state index is -0.209. The summed E-state index contributed by atoms with van der Waals surface area (Å²) in [4.78, 5) is 14.0. The molecule has 2 N–H and O–H groups in total. The number of hydrogen-bond acceptors (Lipinski definition) is 5. The Labute approximate surface area is 216 Å². The third-order valence-corrected chi connectivity index (χ3v) is 6.34.